The number of amides is 1. The molecule has 1 atom stereocenters. The standard InChI is InChI=1S/C17H26N2O2/c1-4-13(2)21-15-7-5-6-14(12-15)19-16(20)17(3)8-10-18-11-9-17/h5-7,12-13,18H,4,8-11H2,1-3H3,(H,19,20). The zero-order valence-electron chi connectivity index (χ0n) is 13.2. The average molecular weight is 290 g/mol. The van der Waals surface area contributed by atoms with Crippen molar-refractivity contribution in [3.63, 3.8) is 0 Å². The van der Waals surface area contributed by atoms with Crippen molar-refractivity contribution in [1.29, 1.82) is 0 Å². The van der Waals surface area contributed by atoms with Crippen LogP contribution in [0.1, 0.15) is 40.0 Å². The van der Waals surface area contributed by atoms with Crippen molar-refractivity contribution in [2.45, 2.75) is 46.1 Å². The zero-order chi connectivity index (χ0) is 15.3. The normalized spacial score (nSPS) is 18.8. The van der Waals surface area contributed by atoms with Gasteiger partial charge in [-0.15, -0.1) is 0 Å². The molecule has 2 rings (SSSR count). The molecule has 0 saturated carbocycles. The molecule has 0 radical (unpaired) electrons. The molecule has 0 aromatic heterocycles. The largest absolute Gasteiger partial charge is 0.491 e. The molecule has 1 fully saturated rings. The van der Waals surface area contributed by atoms with E-state index in [1.165, 1.54) is 0 Å². The van der Waals surface area contributed by atoms with Crippen molar-refractivity contribution < 1.29 is 9.53 Å². The number of piperidine rings is 1. The van der Waals surface area contributed by atoms with Crippen molar-refractivity contribution in [3.8, 4) is 5.75 Å². The Kier molecular flexibility index (Phi) is 5.23. The summed E-state index contributed by atoms with van der Waals surface area (Å²) in [5.41, 5.74) is 0.527. The highest BCUT2D eigenvalue weighted by molar-refractivity contribution is 5.95. The van der Waals surface area contributed by atoms with Gasteiger partial charge in [0.1, 0.15) is 5.75 Å². The van der Waals surface area contributed by atoms with Gasteiger partial charge in [-0.2, -0.15) is 0 Å². The van der Waals surface area contributed by atoms with Gasteiger partial charge in [0.05, 0.1) is 6.10 Å². The fourth-order valence-corrected chi connectivity index (χ4v) is 2.45. The molecule has 1 heterocycles. The van der Waals surface area contributed by atoms with E-state index < -0.39 is 0 Å². The Bertz CT molecular complexity index is 481. The van der Waals surface area contributed by atoms with Crippen LogP contribution in [0.5, 0.6) is 5.75 Å². The minimum atomic E-state index is -0.279. The van der Waals surface area contributed by atoms with Gasteiger partial charge in [0.25, 0.3) is 0 Å². The first-order valence-corrected chi connectivity index (χ1v) is 7.82. The van der Waals surface area contributed by atoms with Gasteiger partial charge in [0, 0.05) is 17.2 Å². The van der Waals surface area contributed by atoms with E-state index in [1.807, 2.05) is 38.1 Å². The SMILES string of the molecule is CCC(C)Oc1cccc(NC(=O)C2(C)CCNCC2)c1. The predicted octanol–water partition coefficient (Wildman–Crippen LogP) is 3.19. The Balaban J connectivity index is 2.02. The van der Waals surface area contributed by atoms with Crippen molar-refractivity contribution in [1.82, 2.24) is 5.32 Å². The molecule has 2 N–H and O–H groups in total. The number of nitrogens with one attached hydrogen (secondary N) is 2. The quantitative estimate of drug-likeness (QED) is 0.875. The third kappa shape index (κ3) is 4.21. The van der Waals surface area contributed by atoms with Gasteiger partial charge in [-0.05, 0) is 51.4 Å². The average Bonchev–Trinajstić information content (AvgIpc) is 2.48. The van der Waals surface area contributed by atoms with Crippen LogP contribution < -0.4 is 15.4 Å². The minimum absolute atomic E-state index is 0.102. The Hall–Kier alpha value is -1.55. The van der Waals surface area contributed by atoms with Crippen LogP contribution in [0.25, 0.3) is 0 Å². The summed E-state index contributed by atoms with van der Waals surface area (Å²) in [7, 11) is 0. The summed E-state index contributed by atoms with van der Waals surface area (Å²) >= 11 is 0. The molecule has 1 saturated heterocycles. The number of ether oxygens (including phenoxy) is 1. The number of rotatable bonds is 5. The number of carbonyl (C=O) groups is 1. The molecule has 1 aromatic rings. The third-order valence-corrected chi connectivity index (χ3v) is 4.26. The molecular weight excluding hydrogens is 264 g/mol. The second kappa shape index (κ2) is 6.94. The maximum atomic E-state index is 12.5. The fraction of sp³-hybridized carbons (Fsp3) is 0.588. The molecular formula is C17H26N2O2. The second-order valence-corrected chi connectivity index (χ2v) is 6.13. The van der Waals surface area contributed by atoms with E-state index in [-0.39, 0.29) is 17.4 Å². The van der Waals surface area contributed by atoms with E-state index >= 15 is 0 Å². The first kappa shape index (κ1) is 15.8. The highest BCUT2D eigenvalue weighted by Crippen LogP contribution is 2.30. The minimum Gasteiger partial charge on any atom is -0.491 e. The molecule has 4 heteroatoms. The lowest BCUT2D eigenvalue weighted by atomic mass is 9.80. The Labute approximate surface area is 127 Å². The maximum absolute atomic E-state index is 12.5. The summed E-state index contributed by atoms with van der Waals surface area (Å²) < 4.78 is 5.80. The molecule has 1 aliphatic heterocycles. The summed E-state index contributed by atoms with van der Waals surface area (Å²) in [6.45, 7) is 7.99. The molecule has 4 nitrogen and oxygen atoms in total. The number of anilines is 1. The van der Waals surface area contributed by atoms with Gasteiger partial charge in [-0.3, -0.25) is 4.79 Å². The van der Waals surface area contributed by atoms with Gasteiger partial charge in [-0.1, -0.05) is 19.9 Å². The van der Waals surface area contributed by atoms with Gasteiger partial charge in [0.2, 0.25) is 5.91 Å². The molecule has 0 spiro atoms. The molecule has 1 unspecified atom stereocenters. The van der Waals surface area contributed by atoms with E-state index in [9.17, 15) is 4.79 Å². The van der Waals surface area contributed by atoms with Crippen LogP contribution in [-0.4, -0.2) is 25.1 Å². The van der Waals surface area contributed by atoms with E-state index in [2.05, 4.69) is 17.6 Å². The number of hydrogen-bond donors (Lipinski definition) is 2. The zero-order valence-corrected chi connectivity index (χ0v) is 13.2. The number of benzene rings is 1. The molecule has 1 aromatic carbocycles. The highest BCUT2D eigenvalue weighted by Gasteiger charge is 2.34. The van der Waals surface area contributed by atoms with E-state index in [1.54, 1.807) is 0 Å². The topological polar surface area (TPSA) is 50.4 Å². The molecule has 0 bridgehead atoms. The smallest absolute Gasteiger partial charge is 0.230 e. The molecule has 21 heavy (non-hydrogen) atoms. The van der Waals surface area contributed by atoms with Crippen molar-refractivity contribution in [2.75, 3.05) is 18.4 Å². The van der Waals surface area contributed by atoms with Crippen LogP contribution in [0.3, 0.4) is 0 Å². The summed E-state index contributed by atoms with van der Waals surface area (Å²) in [6, 6.07) is 7.65. The van der Waals surface area contributed by atoms with E-state index in [0.29, 0.717) is 0 Å². The van der Waals surface area contributed by atoms with Crippen LogP contribution in [0, 0.1) is 5.41 Å². The van der Waals surface area contributed by atoms with Crippen molar-refractivity contribution in [3.05, 3.63) is 24.3 Å². The summed E-state index contributed by atoms with van der Waals surface area (Å²) in [6.07, 6.45) is 2.89. The van der Waals surface area contributed by atoms with Gasteiger partial charge in [-0.25, -0.2) is 0 Å². The lowest BCUT2D eigenvalue weighted by molar-refractivity contribution is -0.126. The fourth-order valence-electron chi connectivity index (χ4n) is 2.45. The van der Waals surface area contributed by atoms with E-state index in [4.69, 9.17) is 4.74 Å². The van der Waals surface area contributed by atoms with Crippen LogP contribution in [0.2, 0.25) is 0 Å². The first-order valence-electron chi connectivity index (χ1n) is 7.82. The van der Waals surface area contributed by atoms with E-state index in [0.717, 1.165) is 43.8 Å². The van der Waals surface area contributed by atoms with Crippen LogP contribution in [0.4, 0.5) is 5.69 Å². The van der Waals surface area contributed by atoms with Crippen LogP contribution >= 0.6 is 0 Å². The van der Waals surface area contributed by atoms with Crippen LogP contribution in [0.15, 0.2) is 24.3 Å². The summed E-state index contributed by atoms with van der Waals surface area (Å²) in [5, 5.41) is 6.33. The third-order valence-electron chi connectivity index (χ3n) is 4.26. The Morgan fingerprint density at radius 2 is 2.14 bits per heavy atom. The number of hydrogen-bond acceptors (Lipinski definition) is 3. The maximum Gasteiger partial charge on any atom is 0.230 e. The molecule has 116 valence electrons. The van der Waals surface area contributed by atoms with Gasteiger partial charge < -0.3 is 15.4 Å². The van der Waals surface area contributed by atoms with Crippen molar-refractivity contribution in [2.24, 2.45) is 5.41 Å². The molecule has 1 aliphatic rings. The number of carbonyl (C=O) groups excluding carboxylic acids is 1. The molecule has 0 aliphatic carbocycles. The molecule has 1 amide bonds. The highest BCUT2D eigenvalue weighted by atomic mass is 16.5. The summed E-state index contributed by atoms with van der Waals surface area (Å²) in [4.78, 5) is 12.5. The Morgan fingerprint density at radius 1 is 1.43 bits per heavy atom. The first-order chi connectivity index (χ1) is 10.0. The Morgan fingerprint density at radius 3 is 2.81 bits per heavy atom. The lowest BCUT2D eigenvalue weighted by Crippen LogP contribution is -2.42. The lowest BCUT2D eigenvalue weighted by Gasteiger charge is -2.32. The summed E-state index contributed by atoms with van der Waals surface area (Å²) in [5.74, 6) is 0.905. The predicted molar refractivity (Wildman–Crippen MR) is 85.7 cm³/mol. The van der Waals surface area contributed by atoms with Gasteiger partial charge in [0.15, 0.2) is 0 Å². The van der Waals surface area contributed by atoms with Gasteiger partial charge >= 0.3 is 0 Å². The monoisotopic (exact) mass is 290 g/mol. The van der Waals surface area contributed by atoms with Crippen molar-refractivity contribution >= 4 is 11.6 Å². The second-order valence-electron chi connectivity index (χ2n) is 6.13. The van der Waals surface area contributed by atoms with Crippen LogP contribution in [-0.2, 0) is 4.79 Å².